The zero-order chi connectivity index (χ0) is 21.2. The number of para-hydroxylation sites is 1. The van der Waals surface area contributed by atoms with E-state index in [0.717, 1.165) is 12.1 Å². The van der Waals surface area contributed by atoms with Crippen LogP contribution in [-0.2, 0) is 12.1 Å². The number of halogens is 4. The van der Waals surface area contributed by atoms with Crippen molar-refractivity contribution in [2.45, 2.75) is 39.8 Å². The molecule has 28 heavy (non-hydrogen) atoms. The van der Waals surface area contributed by atoms with Crippen molar-refractivity contribution in [1.82, 2.24) is 10.2 Å². The quantitative estimate of drug-likeness (QED) is 0.456. The maximum atomic E-state index is 12.6. The molecule has 0 radical (unpaired) electrons. The molecule has 4 nitrogen and oxygen atoms in total. The van der Waals surface area contributed by atoms with Crippen LogP contribution < -0.4 is 5.32 Å². The number of anilines is 2. The van der Waals surface area contributed by atoms with Crippen LogP contribution in [0.2, 0.25) is 0 Å². The molecule has 2 aromatic carbocycles. The smallest absolute Gasteiger partial charge is 0.416 e. The number of hydrogen-bond donors (Lipinski definition) is 1. The predicted molar refractivity (Wildman–Crippen MR) is 107 cm³/mol. The summed E-state index contributed by atoms with van der Waals surface area (Å²) in [7, 11) is 0. The normalized spacial score (nSPS) is 10.3. The molecule has 1 heterocycles. The van der Waals surface area contributed by atoms with Crippen LogP contribution in [0.4, 0.5) is 24.5 Å². The van der Waals surface area contributed by atoms with Gasteiger partial charge in [0.1, 0.15) is 5.88 Å². The van der Waals surface area contributed by atoms with E-state index in [1.807, 2.05) is 27.7 Å². The van der Waals surface area contributed by atoms with E-state index in [0.29, 0.717) is 16.9 Å². The maximum absolute atomic E-state index is 12.6. The highest BCUT2D eigenvalue weighted by Crippen LogP contribution is 2.32. The number of nitrogens with one attached hydrogen (secondary N) is 1. The molecule has 0 saturated carbocycles. The van der Waals surface area contributed by atoms with Crippen molar-refractivity contribution in [1.29, 1.82) is 0 Å². The second-order valence-corrected chi connectivity index (χ2v) is 5.15. The van der Waals surface area contributed by atoms with Crippen LogP contribution in [0.1, 0.15) is 39.1 Å². The molecule has 0 unspecified atom stereocenters. The standard InChI is InChI=1S/C16H11ClF3N3O.2C2H6/c17-9-14-22-23-15(24-14)12-3-1-2-4-13(12)21-11-7-5-10(6-8-11)16(18,19)20;2*1-2/h1-8,21H,9H2;2*1-2H3. The van der Waals surface area contributed by atoms with Gasteiger partial charge in [0.05, 0.1) is 16.8 Å². The molecule has 0 bridgehead atoms. The lowest BCUT2D eigenvalue weighted by Crippen LogP contribution is -2.04. The Hall–Kier alpha value is -2.54. The Morgan fingerprint density at radius 2 is 1.54 bits per heavy atom. The first-order valence-corrected chi connectivity index (χ1v) is 9.43. The maximum Gasteiger partial charge on any atom is 0.416 e. The SMILES string of the molecule is CC.CC.FC(F)(F)c1ccc(Nc2ccccc2-c2nnc(CCl)o2)cc1. The summed E-state index contributed by atoms with van der Waals surface area (Å²) in [5, 5.41) is 10.8. The van der Waals surface area contributed by atoms with Crippen LogP contribution in [0.25, 0.3) is 11.5 Å². The van der Waals surface area contributed by atoms with Crippen LogP contribution in [-0.4, -0.2) is 10.2 Å². The number of hydrogen-bond acceptors (Lipinski definition) is 4. The summed E-state index contributed by atoms with van der Waals surface area (Å²) in [5.74, 6) is 0.665. The zero-order valence-corrected chi connectivity index (χ0v) is 16.9. The first-order chi connectivity index (χ1) is 13.5. The van der Waals surface area contributed by atoms with Crippen molar-refractivity contribution < 1.29 is 17.6 Å². The number of aromatic nitrogens is 2. The van der Waals surface area contributed by atoms with Crippen molar-refractivity contribution in [3.8, 4) is 11.5 Å². The third-order valence-corrected chi connectivity index (χ3v) is 3.46. The molecule has 0 saturated heterocycles. The molecule has 3 aromatic rings. The van der Waals surface area contributed by atoms with Crippen LogP contribution >= 0.6 is 11.6 Å². The van der Waals surface area contributed by atoms with Gasteiger partial charge in [-0.05, 0) is 36.4 Å². The predicted octanol–water partition coefficient (Wildman–Crippen LogP) is 7.29. The summed E-state index contributed by atoms with van der Waals surface area (Å²) in [5.41, 5.74) is 1.06. The first-order valence-electron chi connectivity index (χ1n) is 8.89. The van der Waals surface area contributed by atoms with Crippen LogP contribution in [0.15, 0.2) is 52.9 Å². The van der Waals surface area contributed by atoms with E-state index >= 15 is 0 Å². The molecule has 0 aliphatic heterocycles. The average Bonchev–Trinajstić information content (AvgIpc) is 3.20. The lowest BCUT2D eigenvalue weighted by atomic mass is 10.1. The van der Waals surface area contributed by atoms with Gasteiger partial charge in [-0.3, -0.25) is 0 Å². The molecular formula is C20H23ClF3N3O. The topological polar surface area (TPSA) is 51.0 Å². The second kappa shape index (κ2) is 11.3. The van der Waals surface area contributed by atoms with Crippen LogP contribution in [0.5, 0.6) is 0 Å². The van der Waals surface area contributed by atoms with E-state index < -0.39 is 11.7 Å². The van der Waals surface area contributed by atoms with Crippen molar-refractivity contribution in [3.63, 3.8) is 0 Å². The number of benzene rings is 2. The Balaban J connectivity index is 0.000000921. The summed E-state index contributed by atoms with van der Waals surface area (Å²) in [6.45, 7) is 8.00. The van der Waals surface area contributed by atoms with E-state index in [-0.39, 0.29) is 17.7 Å². The summed E-state index contributed by atoms with van der Waals surface area (Å²) in [4.78, 5) is 0. The first kappa shape index (κ1) is 23.5. The van der Waals surface area contributed by atoms with Gasteiger partial charge in [0.15, 0.2) is 0 Å². The van der Waals surface area contributed by atoms with Crippen molar-refractivity contribution in [2.24, 2.45) is 0 Å². The highest BCUT2D eigenvalue weighted by atomic mass is 35.5. The lowest BCUT2D eigenvalue weighted by molar-refractivity contribution is -0.137. The van der Waals surface area contributed by atoms with E-state index in [9.17, 15) is 13.2 Å². The Labute approximate surface area is 167 Å². The molecule has 3 rings (SSSR count). The van der Waals surface area contributed by atoms with Gasteiger partial charge < -0.3 is 9.73 Å². The molecule has 8 heteroatoms. The third-order valence-electron chi connectivity index (χ3n) is 3.23. The molecule has 1 aromatic heterocycles. The van der Waals surface area contributed by atoms with Crippen molar-refractivity contribution in [2.75, 3.05) is 5.32 Å². The minimum Gasteiger partial charge on any atom is -0.419 e. The second-order valence-electron chi connectivity index (χ2n) is 4.88. The van der Waals surface area contributed by atoms with Crippen molar-refractivity contribution in [3.05, 3.63) is 60.0 Å². The van der Waals surface area contributed by atoms with Gasteiger partial charge in [-0.1, -0.05) is 39.8 Å². The van der Waals surface area contributed by atoms with Gasteiger partial charge in [0.2, 0.25) is 11.8 Å². The minimum atomic E-state index is -4.36. The molecule has 1 N–H and O–H groups in total. The summed E-state index contributed by atoms with van der Waals surface area (Å²) in [6.07, 6.45) is -4.36. The van der Waals surface area contributed by atoms with Crippen LogP contribution in [0, 0.1) is 0 Å². The van der Waals surface area contributed by atoms with E-state index in [2.05, 4.69) is 15.5 Å². The summed E-state index contributed by atoms with van der Waals surface area (Å²) < 4.78 is 43.2. The van der Waals surface area contributed by atoms with E-state index in [1.54, 1.807) is 24.3 Å². The van der Waals surface area contributed by atoms with Gasteiger partial charge in [0, 0.05) is 5.69 Å². The fourth-order valence-electron chi connectivity index (χ4n) is 2.09. The molecule has 0 amide bonds. The number of alkyl halides is 4. The highest BCUT2D eigenvalue weighted by Gasteiger charge is 2.29. The van der Waals surface area contributed by atoms with Gasteiger partial charge in [-0.15, -0.1) is 21.8 Å². The molecule has 0 spiro atoms. The Morgan fingerprint density at radius 1 is 0.929 bits per heavy atom. The van der Waals surface area contributed by atoms with E-state index in [4.69, 9.17) is 16.0 Å². The van der Waals surface area contributed by atoms with Gasteiger partial charge in [-0.2, -0.15) is 13.2 Å². The average molecular weight is 414 g/mol. The number of rotatable bonds is 4. The fourth-order valence-corrected chi connectivity index (χ4v) is 2.20. The molecule has 0 aliphatic rings. The highest BCUT2D eigenvalue weighted by molar-refractivity contribution is 6.16. The largest absolute Gasteiger partial charge is 0.419 e. The van der Waals surface area contributed by atoms with E-state index in [1.165, 1.54) is 12.1 Å². The Kier molecular flexibility index (Phi) is 9.51. The molecular weight excluding hydrogens is 391 g/mol. The lowest BCUT2D eigenvalue weighted by Gasteiger charge is -2.11. The van der Waals surface area contributed by atoms with Crippen LogP contribution in [0.3, 0.4) is 0 Å². The summed E-state index contributed by atoms with van der Waals surface area (Å²) >= 11 is 5.65. The zero-order valence-electron chi connectivity index (χ0n) is 16.1. The molecule has 152 valence electrons. The molecule has 0 atom stereocenters. The molecule has 0 fully saturated rings. The Bertz CT molecular complexity index is 833. The Morgan fingerprint density at radius 3 is 2.07 bits per heavy atom. The minimum absolute atomic E-state index is 0.0987. The van der Waals surface area contributed by atoms with Gasteiger partial charge >= 0.3 is 6.18 Å². The molecule has 0 aliphatic carbocycles. The summed E-state index contributed by atoms with van der Waals surface area (Å²) in [6, 6.07) is 11.9. The van der Waals surface area contributed by atoms with Crippen molar-refractivity contribution >= 4 is 23.0 Å². The third kappa shape index (κ3) is 6.27. The monoisotopic (exact) mass is 413 g/mol. The van der Waals surface area contributed by atoms with Gasteiger partial charge in [-0.25, -0.2) is 0 Å². The van der Waals surface area contributed by atoms with Gasteiger partial charge in [0.25, 0.3) is 0 Å². The number of nitrogens with zero attached hydrogens (tertiary/aromatic N) is 2. The fraction of sp³-hybridized carbons (Fsp3) is 0.300.